The Kier molecular flexibility index (Phi) is 2.13. The summed E-state index contributed by atoms with van der Waals surface area (Å²) in [5.74, 6) is 0. The minimum atomic E-state index is 1.07. The van der Waals surface area contributed by atoms with Crippen LogP contribution in [-0.4, -0.2) is 22.7 Å². The van der Waals surface area contributed by atoms with Gasteiger partial charge in [0.2, 0.25) is 0 Å². The van der Waals surface area contributed by atoms with Crippen molar-refractivity contribution in [2.24, 2.45) is 0 Å². The van der Waals surface area contributed by atoms with Crippen molar-refractivity contribution in [2.75, 3.05) is 0 Å². The van der Waals surface area contributed by atoms with Crippen LogP contribution in [-0.2, 0) is 0 Å². The van der Waals surface area contributed by atoms with Gasteiger partial charge >= 0.3 is 65.8 Å². The zero-order chi connectivity index (χ0) is 5.98. The molecule has 0 radical (unpaired) electrons. The van der Waals surface area contributed by atoms with Gasteiger partial charge in [0.05, 0.1) is 0 Å². The first-order valence-electron chi connectivity index (χ1n) is 2.37. The Labute approximate surface area is 65.8 Å². The van der Waals surface area contributed by atoms with E-state index in [-0.39, 0.29) is 0 Å². The molecule has 1 aromatic rings. The molecule has 36 valence electrons. The van der Waals surface area contributed by atoms with Gasteiger partial charge in [0.1, 0.15) is 0 Å². The Balaban J connectivity index is 3.13. The number of hydrogen-bond acceptors (Lipinski definition) is 1. The molecule has 1 aromatic heterocycles. The molecule has 0 atom stereocenters. The first-order chi connectivity index (χ1) is 3.80. The van der Waals surface area contributed by atoms with Gasteiger partial charge in [0, 0.05) is 0 Å². The van der Waals surface area contributed by atoms with Gasteiger partial charge in [-0.05, 0) is 0 Å². The van der Waals surface area contributed by atoms with E-state index in [1.165, 1.54) is 4.24 Å². The molecule has 0 saturated carbocycles. The van der Waals surface area contributed by atoms with E-state index in [4.69, 9.17) is 0 Å². The SMILES string of the molecule is [Li][c]1ccncc1Br. The van der Waals surface area contributed by atoms with Gasteiger partial charge in [-0.25, -0.2) is 0 Å². The Morgan fingerprint density at radius 2 is 2.38 bits per heavy atom. The summed E-state index contributed by atoms with van der Waals surface area (Å²) in [6, 6.07) is 1.96. The molecule has 1 rings (SSSR count). The average Bonchev–Trinajstić information content (AvgIpc) is 1.77. The average molecular weight is 164 g/mol. The molecule has 0 unspecified atom stereocenters. The molecule has 0 fully saturated rings. The summed E-state index contributed by atoms with van der Waals surface area (Å²) in [5, 5.41) is 0. The Morgan fingerprint density at radius 3 is 2.75 bits per heavy atom. The Bertz CT molecular complexity index is 169. The molecule has 1 nitrogen and oxygen atoms in total. The van der Waals surface area contributed by atoms with Crippen molar-refractivity contribution in [3.05, 3.63) is 22.9 Å². The predicted octanol–water partition coefficient (Wildman–Crippen LogP) is 0.638. The molecular formula is C5H3BrLiN. The molecule has 0 spiro atoms. The topological polar surface area (TPSA) is 12.9 Å². The fraction of sp³-hybridized carbons (Fsp3) is 0. The standard InChI is InChI=1S/C5H3BrN.Li/c6-5-2-1-3-7-4-5;/h1,3-4H;. The predicted molar refractivity (Wildman–Crippen MR) is 37.3 cm³/mol. The second-order valence-corrected chi connectivity index (χ2v) is 2.48. The van der Waals surface area contributed by atoms with Crippen LogP contribution < -0.4 is 4.24 Å². The molecule has 0 bridgehead atoms. The van der Waals surface area contributed by atoms with Crippen LogP contribution in [0.4, 0.5) is 0 Å². The van der Waals surface area contributed by atoms with E-state index in [9.17, 15) is 0 Å². The zero-order valence-corrected chi connectivity index (χ0v) is 6.14. The summed E-state index contributed by atoms with van der Waals surface area (Å²) >= 11 is 5.37. The fourth-order valence-corrected chi connectivity index (χ4v) is 0.695. The molecule has 8 heavy (non-hydrogen) atoms. The van der Waals surface area contributed by atoms with Crippen LogP contribution >= 0.6 is 15.9 Å². The van der Waals surface area contributed by atoms with Crippen molar-refractivity contribution < 1.29 is 0 Å². The number of hydrogen-bond donors (Lipinski definition) is 0. The van der Waals surface area contributed by atoms with Crippen molar-refractivity contribution >= 4 is 37.9 Å². The quantitative estimate of drug-likeness (QED) is 0.512. The van der Waals surface area contributed by atoms with E-state index in [1.54, 1.807) is 12.4 Å². The third kappa shape index (κ3) is 1.35. The third-order valence-corrected chi connectivity index (χ3v) is 1.81. The molecule has 0 amide bonds. The third-order valence-electron chi connectivity index (χ3n) is 0.975. The van der Waals surface area contributed by atoms with Crippen molar-refractivity contribution in [1.29, 1.82) is 0 Å². The van der Waals surface area contributed by atoms with E-state index in [1.807, 2.05) is 23.8 Å². The molecular weight excluding hydrogens is 161 g/mol. The van der Waals surface area contributed by atoms with E-state index >= 15 is 0 Å². The zero-order valence-electron chi connectivity index (χ0n) is 4.56. The summed E-state index contributed by atoms with van der Waals surface area (Å²) in [5.41, 5.74) is 0. The molecule has 0 saturated heterocycles. The van der Waals surface area contributed by atoms with Gasteiger partial charge in [-0.3, -0.25) is 0 Å². The summed E-state index contributed by atoms with van der Waals surface area (Å²) in [6.45, 7) is 0. The van der Waals surface area contributed by atoms with Crippen LogP contribution in [0.5, 0.6) is 0 Å². The summed E-state index contributed by atoms with van der Waals surface area (Å²) < 4.78 is 2.29. The normalized spacial score (nSPS) is 9.38. The summed E-state index contributed by atoms with van der Waals surface area (Å²) in [6.07, 6.45) is 3.56. The van der Waals surface area contributed by atoms with Crippen LogP contribution in [0.1, 0.15) is 0 Å². The maximum absolute atomic E-state index is 3.90. The van der Waals surface area contributed by atoms with Gasteiger partial charge < -0.3 is 0 Å². The van der Waals surface area contributed by atoms with Crippen molar-refractivity contribution in [3.63, 3.8) is 0 Å². The van der Waals surface area contributed by atoms with Crippen molar-refractivity contribution in [3.8, 4) is 0 Å². The number of nitrogens with zero attached hydrogens (tertiary/aromatic N) is 1. The minimum absolute atomic E-state index is 1.07. The first kappa shape index (κ1) is 6.35. The van der Waals surface area contributed by atoms with Crippen LogP contribution in [0, 0.1) is 0 Å². The van der Waals surface area contributed by atoms with Crippen molar-refractivity contribution in [2.45, 2.75) is 0 Å². The Morgan fingerprint density at radius 1 is 1.62 bits per heavy atom. The summed E-state index contributed by atoms with van der Waals surface area (Å²) in [7, 11) is 0. The summed E-state index contributed by atoms with van der Waals surface area (Å²) in [4.78, 5) is 3.90. The van der Waals surface area contributed by atoms with Gasteiger partial charge in [0.25, 0.3) is 0 Å². The van der Waals surface area contributed by atoms with Gasteiger partial charge in [-0.15, -0.1) is 0 Å². The van der Waals surface area contributed by atoms with Gasteiger partial charge in [-0.1, -0.05) is 0 Å². The van der Waals surface area contributed by atoms with Crippen LogP contribution in [0.2, 0.25) is 0 Å². The van der Waals surface area contributed by atoms with E-state index < -0.39 is 0 Å². The maximum atomic E-state index is 3.90. The van der Waals surface area contributed by atoms with Crippen molar-refractivity contribution in [1.82, 2.24) is 4.98 Å². The molecule has 0 aromatic carbocycles. The number of halogens is 1. The second-order valence-electron chi connectivity index (χ2n) is 1.62. The molecule has 0 aliphatic rings. The van der Waals surface area contributed by atoms with E-state index in [0.717, 1.165) is 4.47 Å². The van der Waals surface area contributed by atoms with Gasteiger partial charge in [0.15, 0.2) is 0 Å². The number of aromatic nitrogens is 1. The molecule has 1 heterocycles. The number of pyridine rings is 1. The monoisotopic (exact) mass is 163 g/mol. The van der Waals surface area contributed by atoms with Gasteiger partial charge in [-0.2, -0.15) is 0 Å². The van der Waals surface area contributed by atoms with E-state index in [2.05, 4.69) is 20.9 Å². The number of rotatable bonds is 0. The fourth-order valence-electron chi connectivity index (χ4n) is 0.445. The molecule has 0 aliphatic carbocycles. The van der Waals surface area contributed by atoms with Crippen LogP contribution in [0.25, 0.3) is 0 Å². The second kappa shape index (κ2) is 2.68. The molecule has 3 heteroatoms. The Hall–Kier alpha value is 0.227. The molecule has 0 N–H and O–H groups in total. The van der Waals surface area contributed by atoms with Crippen LogP contribution in [0.3, 0.4) is 0 Å². The van der Waals surface area contributed by atoms with E-state index in [0.29, 0.717) is 0 Å². The van der Waals surface area contributed by atoms with Crippen LogP contribution in [0.15, 0.2) is 22.9 Å². The first-order valence-corrected chi connectivity index (χ1v) is 3.16. The molecule has 0 aliphatic heterocycles.